The van der Waals surface area contributed by atoms with Gasteiger partial charge in [0.05, 0.1) is 18.5 Å². The van der Waals surface area contributed by atoms with Crippen LogP contribution in [0.3, 0.4) is 0 Å². The number of hydrogen-bond acceptors (Lipinski definition) is 6. The molecule has 0 saturated carbocycles. The van der Waals surface area contributed by atoms with Gasteiger partial charge in [0.15, 0.2) is 0 Å². The lowest BCUT2D eigenvalue weighted by molar-refractivity contribution is -0.123. The van der Waals surface area contributed by atoms with E-state index in [1.165, 1.54) is 4.88 Å². The van der Waals surface area contributed by atoms with E-state index in [1.54, 1.807) is 11.3 Å². The van der Waals surface area contributed by atoms with Crippen LogP contribution in [0.5, 0.6) is 0 Å². The van der Waals surface area contributed by atoms with Crippen molar-refractivity contribution in [1.29, 1.82) is 0 Å². The zero-order chi connectivity index (χ0) is 21.8. The lowest BCUT2D eigenvalue weighted by Crippen LogP contribution is -2.49. The van der Waals surface area contributed by atoms with E-state index in [4.69, 9.17) is 4.98 Å². The first-order chi connectivity index (χ1) is 14.3. The first-order valence-corrected chi connectivity index (χ1v) is 11.8. The van der Waals surface area contributed by atoms with Gasteiger partial charge in [0.1, 0.15) is 10.7 Å². The molecule has 1 fully saturated rings. The highest BCUT2D eigenvalue weighted by Crippen LogP contribution is 2.29. The van der Waals surface area contributed by atoms with Crippen molar-refractivity contribution in [2.24, 2.45) is 5.92 Å². The highest BCUT2D eigenvalue weighted by atomic mass is 32.1. The van der Waals surface area contributed by atoms with E-state index in [-0.39, 0.29) is 17.5 Å². The molecule has 0 unspecified atom stereocenters. The molecular formula is C22H35N5O2S. The van der Waals surface area contributed by atoms with E-state index in [2.05, 4.69) is 40.9 Å². The highest BCUT2D eigenvalue weighted by molar-refractivity contribution is 7.18. The predicted molar refractivity (Wildman–Crippen MR) is 123 cm³/mol. The molecule has 30 heavy (non-hydrogen) atoms. The standard InChI is InChI=1S/C22H35N5O2S/c1-6-15(4)11-17-16(5)30-22-20(17)21(29)24-18(25-22)12-26-7-9-27(10-8-26)13-19(28)23-14(2)3/h14-15H,6-13H2,1-5H3,(H,23,28)(H,24,25,29)/t15-/m0/s1. The number of piperazine rings is 1. The van der Waals surface area contributed by atoms with Gasteiger partial charge in [-0.1, -0.05) is 20.3 Å². The van der Waals surface area contributed by atoms with Crippen LogP contribution in [-0.4, -0.2) is 64.4 Å². The number of fused-ring (bicyclic) bond motifs is 1. The summed E-state index contributed by atoms with van der Waals surface area (Å²) in [5.74, 6) is 1.37. The zero-order valence-corrected chi connectivity index (χ0v) is 19.7. The number of aromatic amines is 1. The molecule has 2 aromatic heterocycles. The molecule has 0 aliphatic carbocycles. The fourth-order valence-corrected chi connectivity index (χ4v) is 4.99. The lowest BCUT2D eigenvalue weighted by atomic mass is 9.98. The summed E-state index contributed by atoms with van der Waals surface area (Å²) in [6.07, 6.45) is 2.03. The maximum Gasteiger partial charge on any atom is 0.259 e. The summed E-state index contributed by atoms with van der Waals surface area (Å²) in [6, 6.07) is 0.170. The molecule has 2 aromatic rings. The van der Waals surface area contributed by atoms with Gasteiger partial charge in [0, 0.05) is 37.1 Å². The van der Waals surface area contributed by atoms with Crippen LogP contribution in [0.4, 0.5) is 0 Å². The van der Waals surface area contributed by atoms with Crippen molar-refractivity contribution in [2.45, 2.75) is 60.0 Å². The Morgan fingerprint density at radius 2 is 1.87 bits per heavy atom. The number of H-pyrrole nitrogens is 1. The summed E-state index contributed by atoms with van der Waals surface area (Å²) < 4.78 is 0. The van der Waals surface area contributed by atoms with Crippen LogP contribution in [0.25, 0.3) is 10.2 Å². The molecule has 1 atom stereocenters. The van der Waals surface area contributed by atoms with Crippen LogP contribution < -0.4 is 10.9 Å². The third-order valence-corrected chi connectivity index (χ3v) is 6.86. The predicted octanol–water partition coefficient (Wildman–Crippen LogP) is 2.52. The zero-order valence-electron chi connectivity index (χ0n) is 18.9. The fourth-order valence-electron chi connectivity index (χ4n) is 3.92. The minimum Gasteiger partial charge on any atom is -0.353 e. The van der Waals surface area contributed by atoms with Gasteiger partial charge in [-0.2, -0.15) is 0 Å². The third-order valence-electron chi connectivity index (χ3n) is 5.82. The number of rotatable bonds is 8. The molecule has 0 radical (unpaired) electrons. The van der Waals surface area contributed by atoms with Gasteiger partial charge < -0.3 is 10.3 Å². The summed E-state index contributed by atoms with van der Waals surface area (Å²) in [6.45, 7) is 14.9. The van der Waals surface area contributed by atoms with Crippen LogP contribution in [0, 0.1) is 12.8 Å². The number of aromatic nitrogens is 2. The number of nitrogens with zero attached hydrogens (tertiary/aromatic N) is 3. The largest absolute Gasteiger partial charge is 0.353 e. The number of amides is 1. The summed E-state index contributed by atoms with van der Waals surface area (Å²) in [4.78, 5) is 39.1. The maximum absolute atomic E-state index is 12.8. The van der Waals surface area contributed by atoms with Crippen molar-refractivity contribution in [3.63, 3.8) is 0 Å². The van der Waals surface area contributed by atoms with Crippen molar-refractivity contribution in [3.05, 3.63) is 26.6 Å². The van der Waals surface area contributed by atoms with Crippen LogP contribution in [0.15, 0.2) is 4.79 Å². The molecule has 1 aliphatic heterocycles. The number of carbonyl (C=O) groups excluding carboxylic acids is 1. The molecule has 0 bridgehead atoms. The minimum absolute atomic E-state index is 0.0124. The van der Waals surface area contributed by atoms with Crippen molar-refractivity contribution in [2.75, 3.05) is 32.7 Å². The number of thiophene rings is 1. The van der Waals surface area contributed by atoms with Gasteiger partial charge in [-0.25, -0.2) is 4.98 Å². The Morgan fingerprint density at radius 1 is 1.20 bits per heavy atom. The number of nitrogens with one attached hydrogen (secondary N) is 2. The molecule has 0 spiro atoms. The molecule has 2 N–H and O–H groups in total. The fraction of sp³-hybridized carbons (Fsp3) is 0.682. The molecule has 0 aromatic carbocycles. The van der Waals surface area contributed by atoms with Gasteiger partial charge in [0.2, 0.25) is 5.91 Å². The summed E-state index contributed by atoms with van der Waals surface area (Å²) in [5, 5.41) is 3.72. The minimum atomic E-state index is -0.0124. The molecule has 3 rings (SSSR count). The van der Waals surface area contributed by atoms with Crippen LogP contribution in [0.1, 0.15) is 50.4 Å². The van der Waals surface area contributed by atoms with Gasteiger partial charge in [-0.05, 0) is 38.7 Å². The first-order valence-electron chi connectivity index (χ1n) is 11.0. The van der Waals surface area contributed by atoms with Crippen molar-refractivity contribution in [3.8, 4) is 0 Å². The molecule has 1 saturated heterocycles. The molecule has 1 aliphatic rings. The van der Waals surface area contributed by atoms with Crippen LogP contribution >= 0.6 is 11.3 Å². The number of carbonyl (C=O) groups is 1. The van der Waals surface area contributed by atoms with Crippen molar-refractivity contribution in [1.82, 2.24) is 25.1 Å². The van der Waals surface area contributed by atoms with Gasteiger partial charge >= 0.3 is 0 Å². The van der Waals surface area contributed by atoms with E-state index in [0.717, 1.165) is 60.6 Å². The third kappa shape index (κ3) is 5.68. The summed E-state index contributed by atoms with van der Waals surface area (Å²) >= 11 is 1.63. The van der Waals surface area contributed by atoms with E-state index in [1.807, 2.05) is 13.8 Å². The molecule has 1 amide bonds. The van der Waals surface area contributed by atoms with E-state index < -0.39 is 0 Å². The Balaban J connectivity index is 1.63. The lowest BCUT2D eigenvalue weighted by Gasteiger charge is -2.34. The quantitative estimate of drug-likeness (QED) is 0.669. The summed E-state index contributed by atoms with van der Waals surface area (Å²) in [5.41, 5.74) is 1.15. The maximum atomic E-state index is 12.8. The average Bonchev–Trinajstić information content (AvgIpc) is 2.98. The monoisotopic (exact) mass is 433 g/mol. The van der Waals surface area contributed by atoms with Gasteiger partial charge in [0.25, 0.3) is 5.56 Å². The Morgan fingerprint density at radius 3 is 2.50 bits per heavy atom. The Kier molecular flexibility index (Phi) is 7.65. The van der Waals surface area contributed by atoms with E-state index in [9.17, 15) is 9.59 Å². The first kappa shape index (κ1) is 22.9. The van der Waals surface area contributed by atoms with Gasteiger partial charge in [-0.15, -0.1) is 11.3 Å². The second kappa shape index (κ2) is 10.0. The van der Waals surface area contributed by atoms with Gasteiger partial charge in [-0.3, -0.25) is 19.4 Å². The average molecular weight is 434 g/mol. The SMILES string of the molecule is CC[C@H](C)Cc1c(C)sc2nc(CN3CCN(CC(=O)NC(C)C)CC3)[nH]c(=O)c12. The smallest absolute Gasteiger partial charge is 0.259 e. The highest BCUT2D eigenvalue weighted by Gasteiger charge is 2.21. The second-order valence-electron chi connectivity index (χ2n) is 8.82. The molecule has 8 heteroatoms. The topological polar surface area (TPSA) is 81.3 Å². The van der Waals surface area contributed by atoms with Crippen LogP contribution in [0.2, 0.25) is 0 Å². The molecule has 166 valence electrons. The Bertz CT molecular complexity index is 927. The molecule has 7 nitrogen and oxygen atoms in total. The normalized spacial score (nSPS) is 17.0. The van der Waals surface area contributed by atoms with Crippen LogP contribution in [-0.2, 0) is 17.8 Å². The summed E-state index contributed by atoms with van der Waals surface area (Å²) in [7, 11) is 0. The van der Waals surface area contributed by atoms with E-state index >= 15 is 0 Å². The Labute approximate surface area is 182 Å². The Hall–Kier alpha value is -1.77. The number of hydrogen-bond donors (Lipinski definition) is 2. The van der Waals surface area contributed by atoms with Crippen molar-refractivity contribution >= 4 is 27.5 Å². The van der Waals surface area contributed by atoms with E-state index in [0.29, 0.717) is 19.0 Å². The number of aryl methyl sites for hydroxylation is 1. The van der Waals surface area contributed by atoms with Crippen molar-refractivity contribution < 1.29 is 4.79 Å². The molecular weight excluding hydrogens is 398 g/mol. The molecule has 3 heterocycles. The second-order valence-corrected chi connectivity index (χ2v) is 10.0.